The molecule has 0 unspecified atom stereocenters. The molecule has 120 valence electrons. The summed E-state index contributed by atoms with van der Waals surface area (Å²) in [7, 11) is 0. The zero-order valence-electron chi connectivity index (χ0n) is 12.8. The van der Waals surface area contributed by atoms with Gasteiger partial charge in [0.1, 0.15) is 5.54 Å². The summed E-state index contributed by atoms with van der Waals surface area (Å²) in [6, 6.07) is 0.231. The zero-order valence-corrected chi connectivity index (χ0v) is 12.8. The van der Waals surface area contributed by atoms with Crippen molar-refractivity contribution in [1.82, 2.24) is 10.2 Å². The molecule has 0 atom stereocenters. The highest BCUT2D eigenvalue weighted by Crippen LogP contribution is 2.32. The zero-order chi connectivity index (χ0) is 15.5. The van der Waals surface area contributed by atoms with E-state index in [0.717, 1.165) is 38.8 Å². The molecule has 6 heteroatoms. The van der Waals surface area contributed by atoms with Gasteiger partial charge in [0.05, 0.1) is 6.54 Å². The highest BCUT2D eigenvalue weighted by molar-refractivity contribution is 5.88. The Morgan fingerprint density at radius 2 is 1.81 bits per heavy atom. The summed E-state index contributed by atoms with van der Waals surface area (Å²) in [6.07, 6.45) is 4.56. The molecule has 4 N–H and O–H groups in total. The Balaban J connectivity index is 1.88. The Labute approximate surface area is 126 Å². The Morgan fingerprint density at radius 1 is 1.24 bits per heavy atom. The van der Waals surface area contributed by atoms with Gasteiger partial charge in [0, 0.05) is 19.1 Å². The molecular formula is C15H27N3O3. The largest absolute Gasteiger partial charge is 0.480 e. The van der Waals surface area contributed by atoms with Gasteiger partial charge in [-0.1, -0.05) is 6.92 Å². The molecule has 0 bridgehead atoms. The van der Waals surface area contributed by atoms with Crippen LogP contribution in [0.3, 0.4) is 0 Å². The molecule has 1 amide bonds. The fourth-order valence-electron chi connectivity index (χ4n) is 3.27. The van der Waals surface area contributed by atoms with Gasteiger partial charge in [0.2, 0.25) is 5.91 Å². The van der Waals surface area contributed by atoms with E-state index in [4.69, 9.17) is 5.73 Å². The van der Waals surface area contributed by atoms with Crippen LogP contribution in [0.2, 0.25) is 0 Å². The molecule has 21 heavy (non-hydrogen) atoms. The van der Waals surface area contributed by atoms with Gasteiger partial charge in [-0.05, 0) is 44.4 Å². The molecule has 1 heterocycles. The van der Waals surface area contributed by atoms with Crippen LogP contribution >= 0.6 is 0 Å². The number of nitrogens with two attached hydrogens (primary N) is 1. The molecule has 2 rings (SSSR count). The molecule has 1 aliphatic carbocycles. The molecular weight excluding hydrogens is 270 g/mol. The highest BCUT2D eigenvalue weighted by atomic mass is 16.4. The molecule has 0 spiro atoms. The Morgan fingerprint density at radius 3 is 2.33 bits per heavy atom. The molecule has 1 saturated heterocycles. The molecule has 1 aliphatic heterocycles. The van der Waals surface area contributed by atoms with Crippen molar-refractivity contribution in [1.29, 1.82) is 0 Å². The molecule has 0 aromatic carbocycles. The lowest BCUT2D eigenvalue weighted by Gasteiger charge is -2.37. The van der Waals surface area contributed by atoms with Crippen molar-refractivity contribution in [2.75, 3.05) is 19.6 Å². The van der Waals surface area contributed by atoms with Crippen molar-refractivity contribution < 1.29 is 14.7 Å². The molecule has 2 aliphatic rings. The van der Waals surface area contributed by atoms with Gasteiger partial charge >= 0.3 is 5.97 Å². The van der Waals surface area contributed by atoms with E-state index in [1.165, 1.54) is 0 Å². The fourth-order valence-corrected chi connectivity index (χ4v) is 3.27. The van der Waals surface area contributed by atoms with Crippen LogP contribution in [0.1, 0.15) is 45.4 Å². The SMILES string of the molecule is CC1CCC(NC(=O)CN2CCC(N)CC2)(C(=O)O)CC1. The van der Waals surface area contributed by atoms with Crippen molar-refractivity contribution in [2.24, 2.45) is 11.7 Å². The predicted molar refractivity (Wildman–Crippen MR) is 79.8 cm³/mol. The van der Waals surface area contributed by atoms with Crippen LogP contribution < -0.4 is 11.1 Å². The Bertz CT molecular complexity index is 384. The Hall–Kier alpha value is -1.14. The van der Waals surface area contributed by atoms with Crippen LogP contribution in [-0.4, -0.2) is 53.1 Å². The van der Waals surface area contributed by atoms with Crippen LogP contribution in [0.5, 0.6) is 0 Å². The average Bonchev–Trinajstić information content (AvgIpc) is 2.44. The summed E-state index contributed by atoms with van der Waals surface area (Å²) >= 11 is 0. The van der Waals surface area contributed by atoms with Crippen LogP contribution in [0.4, 0.5) is 0 Å². The van der Waals surface area contributed by atoms with E-state index in [1.807, 2.05) is 0 Å². The fraction of sp³-hybridized carbons (Fsp3) is 0.867. The summed E-state index contributed by atoms with van der Waals surface area (Å²) in [5.74, 6) is -0.538. The lowest BCUT2D eigenvalue weighted by molar-refractivity contribution is -0.149. The standard InChI is InChI=1S/C15H27N3O3/c1-11-2-6-15(7-3-11,14(20)21)17-13(19)10-18-8-4-12(16)5-9-18/h11-12H,2-10,16H2,1H3,(H,17,19)(H,20,21). The summed E-state index contributed by atoms with van der Waals surface area (Å²) in [5, 5.41) is 12.3. The van der Waals surface area contributed by atoms with Gasteiger partial charge in [0.15, 0.2) is 0 Å². The number of carboxylic acids is 1. The molecule has 0 radical (unpaired) electrons. The van der Waals surface area contributed by atoms with Gasteiger partial charge in [-0.2, -0.15) is 0 Å². The maximum atomic E-state index is 12.2. The number of piperidine rings is 1. The number of nitrogens with one attached hydrogen (secondary N) is 1. The number of amides is 1. The summed E-state index contributed by atoms with van der Waals surface area (Å²) in [5.41, 5.74) is 4.79. The Kier molecular flexibility index (Phi) is 5.22. The van der Waals surface area contributed by atoms with E-state index in [1.54, 1.807) is 0 Å². The van der Waals surface area contributed by atoms with E-state index >= 15 is 0 Å². The van der Waals surface area contributed by atoms with E-state index in [2.05, 4.69) is 17.1 Å². The first kappa shape index (κ1) is 16.2. The van der Waals surface area contributed by atoms with E-state index in [0.29, 0.717) is 18.8 Å². The number of carbonyl (C=O) groups excluding carboxylic acids is 1. The second-order valence-electron chi connectivity index (χ2n) is 6.73. The van der Waals surface area contributed by atoms with E-state index in [9.17, 15) is 14.7 Å². The number of hydrogen-bond donors (Lipinski definition) is 3. The maximum absolute atomic E-state index is 12.2. The number of likely N-dealkylation sites (tertiary alicyclic amines) is 1. The molecule has 1 saturated carbocycles. The topological polar surface area (TPSA) is 95.7 Å². The van der Waals surface area contributed by atoms with Crippen molar-refractivity contribution >= 4 is 11.9 Å². The minimum atomic E-state index is -1.06. The third-order valence-corrected chi connectivity index (χ3v) is 4.92. The van der Waals surface area contributed by atoms with Crippen molar-refractivity contribution in [3.8, 4) is 0 Å². The smallest absolute Gasteiger partial charge is 0.329 e. The number of carboxylic acid groups (broad SMARTS) is 1. The van der Waals surface area contributed by atoms with Crippen molar-refractivity contribution in [3.05, 3.63) is 0 Å². The molecule has 6 nitrogen and oxygen atoms in total. The predicted octanol–water partition coefficient (Wildman–Crippen LogP) is 0.559. The lowest BCUT2D eigenvalue weighted by Crippen LogP contribution is -2.58. The molecule has 2 fully saturated rings. The molecule has 0 aromatic rings. The number of hydrogen-bond acceptors (Lipinski definition) is 4. The maximum Gasteiger partial charge on any atom is 0.329 e. The van der Waals surface area contributed by atoms with E-state index < -0.39 is 11.5 Å². The molecule has 0 aromatic heterocycles. The monoisotopic (exact) mass is 297 g/mol. The first-order valence-electron chi connectivity index (χ1n) is 7.93. The number of nitrogens with zero attached hydrogens (tertiary/aromatic N) is 1. The summed E-state index contributed by atoms with van der Waals surface area (Å²) in [6.45, 7) is 4.03. The second kappa shape index (κ2) is 6.75. The van der Waals surface area contributed by atoms with Gasteiger partial charge in [-0.15, -0.1) is 0 Å². The first-order valence-corrected chi connectivity index (χ1v) is 7.93. The van der Waals surface area contributed by atoms with Crippen molar-refractivity contribution in [3.63, 3.8) is 0 Å². The van der Waals surface area contributed by atoms with Gasteiger partial charge in [0.25, 0.3) is 0 Å². The highest BCUT2D eigenvalue weighted by Gasteiger charge is 2.42. The van der Waals surface area contributed by atoms with Crippen LogP contribution in [0, 0.1) is 5.92 Å². The van der Waals surface area contributed by atoms with Crippen LogP contribution in [-0.2, 0) is 9.59 Å². The first-order chi connectivity index (χ1) is 9.91. The second-order valence-corrected chi connectivity index (χ2v) is 6.73. The van der Waals surface area contributed by atoms with Crippen LogP contribution in [0.15, 0.2) is 0 Å². The van der Waals surface area contributed by atoms with Crippen molar-refractivity contribution in [2.45, 2.75) is 57.0 Å². The normalized spacial score (nSPS) is 31.8. The van der Waals surface area contributed by atoms with Gasteiger partial charge in [-0.25, -0.2) is 4.79 Å². The average molecular weight is 297 g/mol. The minimum absolute atomic E-state index is 0.178. The third-order valence-electron chi connectivity index (χ3n) is 4.92. The summed E-state index contributed by atoms with van der Waals surface area (Å²) < 4.78 is 0. The summed E-state index contributed by atoms with van der Waals surface area (Å²) in [4.78, 5) is 25.9. The minimum Gasteiger partial charge on any atom is -0.480 e. The van der Waals surface area contributed by atoms with Gasteiger partial charge < -0.3 is 16.2 Å². The lowest BCUT2D eigenvalue weighted by atomic mass is 9.77. The quantitative estimate of drug-likeness (QED) is 0.704. The van der Waals surface area contributed by atoms with Crippen LogP contribution in [0.25, 0.3) is 0 Å². The number of aliphatic carboxylic acids is 1. The number of carbonyl (C=O) groups is 2. The third kappa shape index (κ3) is 4.17. The van der Waals surface area contributed by atoms with E-state index in [-0.39, 0.29) is 18.5 Å². The number of rotatable bonds is 4. The van der Waals surface area contributed by atoms with Gasteiger partial charge in [-0.3, -0.25) is 9.69 Å².